The van der Waals surface area contributed by atoms with Gasteiger partial charge in [0.15, 0.2) is 0 Å². The van der Waals surface area contributed by atoms with E-state index in [2.05, 4.69) is 26.1 Å². The van der Waals surface area contributed by atoms with Crippen LogP contribution in [0.15, 0.2) is 0 Å². The van der Waals surface area contributed by atoms with Crippen LogP contribution in [0, 0.1) is 5.92 Å². The van der Waals surface area contributed by atoms with E-state index in [4.69, 9.17) is 4.74 Å². The van der Waals surface area contributed by atoms with Crippen LogP contribution in [0.3, 0.4) is 0 Å². The molecule has 0 amide bonds. The van der Waals surface area contributed by atoms with E-state index in [1.54, 1.807) is 0 Å². The van der Waals surface area contributed by atoms with E-state index >= 15 is 0 Å². The first-order valence-electron chi connectivity index (χ1n) is 8.11. The quantitative estimate of drug-likeness (QED) is 0.625. The summed E-state index contributed by atoms with van der Waals surface area (Å²) in [4.78, 5) is 0. The van der Waals surface area contributed by atoms with Crippen molar-refractivity contribution < 1.29 is 4.74 Å². The van der Waals surface area contributed by atoms with Gasteiger partial charge < -0.3 is 10.1 Å². The summed E-state index contributed by atoms with van der Waals surface area (Å²) in [7, 11) is 0. The summed E-state index contributed by atoms with van der Waals surface area (Å²) in [6.45, 7) is 8.82. The van der Waals surface area contributed by atoms with Crippen molar-refractivity contribution >= 4 is 0 Å². The SMILES string of the molecule is CCC(C)CC(CC)NCCOC1CCCCC1. The third-order valence-corrected chi connectivity index (χ3v) is 4.32. The summed E-state index contributed by atoms with van der Waals surface area (Å²) >= 11 is 0. The summed E-state index contributed by atoms with van der Waals surface area (Å²) in [6, 6.07) is 0.676. The van der Waals surface area contributed by atoms with E-state index in [0.717, 1.165) is 19.1 Å². The Morgan fingerprint density at radius 3 is 2.44 bits per heavy atom. The first kappa shape index (κ1) is 16.0. The monoisotopic (exact) mass is 255 g/mol. The van der Waals surface area contributed by atoms with Crippen LogP contribution in [-0.4, -0.2) is 25.3 Å². The molecule has 2 nitrogen and oxygen atoms in total. The maximum atomic E-state index is 5.95. The van der Waals surface area contributed by atoms with Gasteiger partial charge in [-0.2, -0.15) is 0 Å². The number of hydrogen-bond acceptors (Lipinski definition) is 2. The second-order valence-corrected chi connectivity index (χ2v) is 5.94. The molecule has 18 heavy (non-hydrogen) atoms. The average Bonchev–Trinajstić information content (AvgIpc) is 2.43. The highest BCUT2D eigenvalue weighted by atomic mass is 16.5. The van der Waals surface area contributed by atoms with Crippen molar-refractivity contribution in [2.24, 2.45) is 5.92 Å². The second-order valence-electron chi connectivity index (χ2n) is 5.94. The van der Waals surface area contributed by atoms with E-state index in [-0.39, 0.29) is 0 Å². The van der Waals surface area contributed by atoms with Crippen LogP contribution in [0.25, 0.3) is 0 Å². The lowest BCUT2D eigenvalue weighted by Crippen LogP contribution is -2.33. The normalized spacial score (nSPS) is 20.8. The third kappa shape index (κ3) is 6.75. The lowest BCUT2D eigenvalue weighted by atomic mass is 9.97. The highest BCUT2D eigenvalue weighted by molar-refractivity contribution is 4.69. The highest BCUT2D eigenvalue weighted by Gasteiger charge is 2.14. The van der Waals surface area contributed by atoms with Gasteiger partial charge in [-0.1, -0.05) is 46.5 Å². The summed E-state index contributed by atoms with van der Waals surface area (Å²) in [6.07, 6.45) is 11.1. The minimum Gasteiger partial charge on any atom is -0.377 e. The molecule has 1 aliphatic rings. The van der Waals surface area contributed by atoms with Gasteiger partial charge in [-0.05, 0) is 31.6 Å². The second kappa shape index (κ2) is 9.80. The Hall–Kier alpha value is -0.0800. The summed E-state index contributed by atoms with van der Waals surface area (Å²) < 4.78 is 5.95. The zero-order valence-electron chi connectivity index (χ0n) is 12.7. The smallest absolute Gasteiger partial charge is 0.0594 e. The topological polar surface area (TPSA) is 21.3 Å². The highest BCUT2D eigenvalue weighted by Crippen LogP contribution is 2.20. The molecule has 0 aromatic heterocycles. The average molecular weight is 255 g/mol. The lowest BCUT2D eigenvalue weighted by Gasteiger charge is -2.24. The molecule has 0 spiro atoms. The molecular formula is C16H33NO. The fraction of sp³-hybridized carbons (Fsp3) is 1.00. The van der Waals surface area contributed by atoms with E-state index in [1.165, 1.54) is 51.4 Å². The van der Waals surface area contributed by atoms with Crippen LogP contribution < -0.4 is 5.32 Å². The predicted molar refractivity (Wildman–Crippen MR) is 79.0 cm³/mol. The molecule has 0 aromatic carbocycles. The zero-order valence-corrected chi connectivity index (χ0v) is 12.7. The fourth-order valence-corrected chi connectivity index (χ4v) is 2.77. The van der Waals surface area contributed by atoms with Gasteiger partial charge in [0, 0.05) is 12.6 Å². The molecule has 1 N–H and O–H groups in total. The van der Waals surface area contributed by atoms with Gasteiger partial charge in [0.1, 0.15) is 0 Å². The van der Waals surface area contributed by atoms with Gasteiger partial charge in [-0.25, -0.2) is 0 Å². The first-order chi connectivity index (χ1) is 8.76. The molecule has 0 bridgehead atoms. The van der Waals surface area contributed by atoms with Crippen molar-refractivity contribution in [3.8, 4) is 0 Å². The Morgan fingerprint density at radius 1 is 1.11 bits per heavy atom. The molecular weight excluding hydrogens is 222 g/mol. The largest absolute Gasteiger partial charge is 0.377 e. The molecule has 1 aliphatic carbocycles. The Morgan fingerprint density at radius 2 is 1.83 bits per heavy atom. The Labute approximate surface area is 114 Å². The molecule has 2 atom stereocenters. The van der Waals surface area contributed by atoms with Crippen molar-refractivity contribution in [3.05, 3.63) is 0 Å². The molecule has 1 saturated carbocycles. The van der Waals surface area contributed by atoms with E-state index in [0.29, 0.717) is 12.1 Å². The van der Waals surface area contributed by atoms with E-state index in [1.807, 2.05) is 0 Å². The van der Waals surface area contributed by atoms with Crippen LogP contribution >= 0.6 is 0 Å². The van der Waals surface area contributed by atoms with Crippen molar-refractivity contribution in [2.75, 3.05) is 13.2 Å². The summed E-state index contributed by atoms with van der Waals surface area (Å²) in [5.41, 5.74) is 0. The van der Waals surface area contributed by atoms with Gasteiger partial charge in [0.2, 0.25) is 0 Å². The molecule has 1 rings (SSSR count). The molecule has 0 aliphatic heterocycles. The maximum Gasteiger partial charge on any atom is 0.0594 e. The van der Waals surface area contributed by atoms with Gasteiger partial charge in [0.25, 0.3) is 0 Å². The first-order valence-corrected chi connectivity index (χ1v) is 8.11. The Bertz CT molecular complexity index is 190. The predicted octanol–water partition coefficient (Wildman–Crippen LogP) is 4.14. The van der Waals surface area contributed by atoms with Crippen molar-refractivity contribution in [1.82, 2.24) is 5.32 Å². The Kier molecular flexibility index (Phi) is 8.70. The van der Waals surface area contributed by atoms with Crippen molar-refractivity contribution in [2.45, 2.75) is 84.3 Å². The summed E-state index contributed by atoms with van der Waals surface area (Å²) in [5.74, 6) is 0.835. The number of hydrogen-bond donors (Lipinski definition) is 1. The fourth-order valence-electron chi connectivity index (χ4n) is 2.77. The van der Waals surface area contributed by atoms with E-state index < -0.39 is 0 Å². The van der Waals surface area contributed by atoms with Crippen molar-refractivity contribution in [1.29, 1.82) is 0 Å². The molecule has 2 heteroatoms. The standard InChI is InChI=1S/C16H33NO/c1-4-14(3)13-15(5-2)17-11-12-18-16-9-7-6-8-10-16/h14-17H,4-13H2,1-3H3. The molecule has 1 fully saturated rings. The Balaban J connectivity index is 2.03. The van der Waals surface area contributed by atoms with Gasteiger partial charge in [-0.3, -0.25) is 0 Å². The van der Waals surface area contributed by atoms with Crippen LogP contribution in [0.1, 0.15) is 72.1 Å². The zero-order chi connectivity index (χ0) is 13.2. The minimum atomic E-state index is 0.551. The maximum absolute atomic E-state index is 5.95. The van der Waals surface area contributed by atoms with E-state index in [9.17, 15) is 0 Å². The molecule has 2 unspecified atom stereocenters. The van der Waals surface area contributed by atoms with Gasteiger partial charge in [-0.15, -0.1) is 0 Å². The van der Waals surface area contributed by atoms with Crippen molar-refractivity contribution in [3.63, 3.8) is 0 Å². The lowest BCUT2D eigenvalue weighted by molar-refractivity contribution is 0.0290. The van der Waals surface area contributed by atoms with Crippen LogP contribution in [-0.2, 0) is 4.74 Å². The molecule has 0 saturated heterocycles. The van der Waals surface area contributed by atoms with Gasteiger partial charge >= 0.3 is 0 Å². The number of rotatable bonds is 9. The minimum absolute atomic E-state index is 0.551. The molecule has 108 valence electrons. The number of ether oxygens (including phenoxy) is 1. The molecule has 0 radical (unpaired) electrons. The third-order valence-electron chi connectivity index (χ3n) is 4.32. The van der Waals surface area contributed by atoms with Crippen LogP contribution in [0.5, 0.6) is 0 Å². The van der Waals surface area contributed by atoms with Crippen LogP contribution in [0.2, 0.25) is 0 Å². The molecule has 0 aromatic rings. The van der Waals surface area contributed by atoms with Crippen LogP contribution in [0.4, 0.5) is 0 Å². The molecule has 0 heterocycles. The number of nitrogens with one attached hydrogen (secondary N) is 1. The van der Waals surface area contributed by atoms with Gasteiger partial charge in [0.05, 0.1) is 12.7 Å². The summed E-state index contributed by atoms with van der Waals surface area (Å²) in [5, 5.41) is 3.65.